The number of carbonyl (C=O) groups is 1. The minimum Gasteiger partial charge on any atom is -0.447 e. The van der Waals surface area contributed by atoms with Gasteiger partial charge in [0.1, 0.15) is 6.07 Å². The molecule has 0 saturated heterocycles. The Balaban J connectivity index is 1.87. The fraction of sp³-hybridized carbons (Fsp3) is 0.136. The molecule has 4 nitrogen and oxygen atoms in total. The fourth-order valence-corrected chi connectivity index (χ4v) is 3.79. The Kier molecular flexibility index (Phi) is 5.04. The molecule has 0 spiro atoms. The van der Waals surface area contributed by atoms with E-state index >= 15 is 0 Å². The first-order valence-electron chi connectivity index (χ1n) is 8.70. The van der Waals surface area contributed by atoms with Crippen molar-refractivity contribution in [3.05, 3.63) is 74.9 Å². The zero-order valence-corrected chi connectivity index (χ0v) is 16.2. The first kappa shape index (κ1) is 18.5. The lowest BCUT2D eigenvalue weighted by Gasteiger charge is -2.11. The summed E-state index contributed by atoms with van der Waals surface area (Å²) in [5.41, 5.74) is 4.79. The van der Waals surface area contributed by atoms with Crippen molar-refractivity contribution < 1.29 is 9.53 Å². The van der Waals surface area contributed by atoms with Gasteiger partial charge in [0.05, 0.1) is 26.8 Å². The van der Waals surface area contributed by atoms with Crippen LogP contribution < -0.4 is 0 Å². The Morgan fingerprint density at radius 3 is 2.79 bits per heavy atom. The summed E-state index contributed by atoms with van der Waals surface area (Å²) in [6.45, 7) is -0.282. The quantitative estimate of drug-likeness (QED) is 0.520. The number of halogens is 2. The average molecular weight is 409 g/mol. The molecule has 0 N–H and O–H groups in total. The van der Waals surface area contributed by atoms with Crippen molar-refractivity contribution in [3.63, 3.8) is 0 Å². The molecule has 6 heteroatoms. The van der Waals surface area contributed by atoms with Crippen molar-refractivity contribution >= 4 is 51.7 Å². The number of pyridine rings is 1. The number of rotatable bonds is 3. The van der Waals surface area contributed by atoms with E-state index in [1.165, 1.54) is 0 Å². The first-order valence-corrected chi connectivity index (χ1v) is 9.46. The highest BCUT2D eigenvalue weighted by molar-refractivity contribution is 6.42. The predicted molar refractivity (Wildman–Crippen MR) is 110 cm³/mol. The number of esters is 1. The van der Waals surface area contributed by atoms with E-state index in [2.05, 4.69) is 0 Å². The maximum absolute atomic E-state index is 12.7. The molecule has 2 aromatic carbocycles. The van der Waals surface area contributed by atoms with Crippen LogP contribution in [0.5, 0.6) is 0 Å². The Hall–Kier alpha value is -2.87. The van der Waals surface area contributed by atoms with Gasteiger partial charge in [0.25, 0.3) is 0 Å². The summed E-state index contributed by atoms with van der Waals surface area (Å²) in [6.07, 6.45) is 3.44. The Morgan fingerprint density at radius 1 is 1.18 bits per heavy atom. The molecular formula is C22H14Cl2N2O2. The zero-order chi connectivity index (χ0) is 19.7. The highest BCUT2D eigenvalue weighted by Crippen LogP contribution is 2.38. The number of para-hydroxylation sites is 1. The van der Waals surface area contributed by atoms with Crippen LogP contribution >= 0.6 is 23.2 Å². The molecule has 0 saturated carbocycles. The largest absolute Gasteiger partial charge is 0.447 e. The van der Waals surface area contributed by atoms with Crippen molar-refractivity contribution in [1.82, 2.24) is 4.98 Å². The third-order valence-electron chi connectivity index (χ3n) is 4.70. The molecular weight excluding hydrogens is 395 g/mol. The van der Waals surface area contributed by atoms with Gasteiger partial charge in [-0.15, -0.1) is 0 Å². The van der Waals surface area contributed by atoms with Gasteiger partial charge < -0.3 is 4.74 Å². The maximum Gasteiger partial charge on any atom is 0.340 e. The van der Waals surface area contributed by atoms with Gasteiger partial charge in [-0.3, -0.25) is 0 Å². The Morgan fingerprint density at radius 2 is 2.00 bits per heavy atom. The first-order chi connectivity index (χ1) is 13.6. The van der Waals surface area contributed by atoms with Crippen LogP contribution in [0.1, 0.15) is 33.6 Å². The van der Waals surface area contributed by atoms with Gasteiger partial charge in [0.2, 0.25) is 0 Å². The molecule has 3 aromatic rings. The van der Waals surface area contributed by atoms with Crippen molar-refractivity contribution in [3.8, 4) is 6.07 Å². The van der Waals surface area contributed by atoms with Crippen LogP contribution in [0.25, 0.3) is 22.6 Å². The van der Waals surface area contributed by atoms with E-state index < -0.39 is 5.97 Å². The summed E-state index contributed by atoms with van der Waals surface area (Å²) in [5, 5.41) is 10.5. The number of carbonyl (C=O) groups excluding carboxylic acids is 1. The Labute approximate surface area is 172 Å². The lowest BCUT2D eigenvalue weighted by atomic mass is 10.0. The van der Waals surface area contributed by atoms with Gasteiger partial charge in [0.15, 0.2) is 6.61 Å². The van der Waals surface area contributed by atoms with Crippen LogP contribution in [0.2, 0.25) is 10.0 Å². The second-order valence-corrected chi connectivity index (χ2v) is 7.22. The van der Waals surface area contributed by atoms with E-state index in [1.54, 1.807) is 12.1 Å². The standard InChI is InChI=1S/C22H14Cl2N2O2/c23-17-8-5-13(12-18(17)24)11-14-6-7-16-20(22(27)28-10-9-25)15-3-1-2-4-19(15)26-21(14)16/h1-5,8,11-12H,6-7,10H2/b14-11+. The number of hydrogen-bond donors (Lipinski definition) is 0. The van der Waals surface area contributed by atoms with Crippen LogP contribution in [0.15, 0.2) is 42.5 Å². The highest BCUT2D eigenvalue weighted by atomic mass is 35.5. The number of allylic oxidation sites excluding steroid dienone is 1. The third-order valence-corrected chi connectivity index (χ3v) is 5.44. The van der Waals surface area contributed by atoms with Crippen molar-refractivity contribution in [2.75, 3.05) is 6.61 Å². The lowest BCUT2D eigenvalue weighted by Crippen LogP contribution is -2.10. The molecule has 1 aliphatic rings. The second kappa shape index (κ2) is 7.63. The molecule has 138 valence electrons. The molecule has 0 atom stereocenters. The Bertz CT molecular complexity index is 1180. The van der Waals surface area contributed by atoms with E-state index in [9.17, 15) is 4.79 Å². The molecule has 0 aliphatic heterocycles. The highest BCUT2D eigenvalue weighted by Gasteiger charge is 2.27. The molecule has 0 bridgehead atoms. The summed E-state index contributed by atoms with van der Waals surface area (Å²) < 4.78 is 5.11. The van der Waals surface area contributed by atoms with Gasteiger partial charge in [-0.1, -0.05) is 47.5 Å². The monoisotopic (exact) mass is 408 g/mol. The molecule has 0 fully saturated rings. The summed E-state index contributed by atoms with van der Waals surface area (Å²) in [5.74, 6) is -0.493. The SMILES string of the molecule is N#CCOC(=O)c1c2c(nc3ccccc13)/C(=C/c1ccc(Cl)c(Cl)c1)CC2. The van der Waals surface area contributed by atoms with Gasteiger partial charge in [-0.25, -0.2) is 9.78 Å². The molecule has 1 heterocycles. The van der Waals surface area contributed by atoms with Crippen molar-refractivity contribution in [2.45, 2.75) is 12.8 Å². The lowest BCUT2D eigenvalue weighted by molar-refractivity contribution is 0.0556. The number of ether oxygens (including phenoxy) is 1. The molecule has 28 heavy (non-hydrogen) atoms. The van der Waals surface area contributed by atoms with Gasteiger partial charge in [-0.05, 0) is 53.8 Å². The van der Waals surface area contributed by atoms with E-state index in [0.29, 0.717) is 27.5 Å². The number of nitrogens with zero attached hydrogens (tertiary/aromatic N) is 2. The van der Waals surface area contributed by atoms with Crippen LogP contribution in [-0.4, -0.2) is 17.6 Å². The van der Waals surface area contributed by atoms with Gasteiger partial charge in [-0.2, -0.15) is 5.26 Å². The van der Waals surface area contributed by atoms with Crippen LogP contribution in [-0.2, 0) is 11.2 Å². The van der Waals surface area contributed by atoms with Crippen LogP contribution in [0.3, 0.4) is 0 Å². The summed E-state index contributed by atoms with van der Waals surface area (Å²) in [6, 6.07) is 14.8. The summed E-state index contributed by atoms with van der Waals surface area (Å²) in [7, 11) is 0. The third kappa shape index (κ3) is 3.35. The number of nitriles is 1. The summed E-state index contributed by atoms with van der Waals surface area (Å²) in [4.78, 5) is 17.5. The minimum absolute atomic E-state index is 0.282. The maximum atomic E-state index is 12.7. The molecule has 1 aromatic heterocycles. The molecule has 0 amide bonds. The van der Waals surface area contributed by atoms with Gasteiger partial charge in [0, 0.05) is 5.39 Å². The number of aromatic nitrogens is 1. The van der Waals surface area contributed by atoms with Crippen molar-refractivity contribution in [2.24, 2.45) is 0 Å². The predicted octanol–water partition coefficient (Wildman–Crippen LogP) is 5.71. The normalized spacial score (nSPS) is 14.1. The molecule has 4 rings (SSSR count). The van der Waals surface area contributed by atoms with E-state index in [0.717, 1.165) is 34.2 Å². The second-order valence-electron chi connectivity index (χ2n) is 6.41. The smallest absolute Gasteiger partial charge is 0.340 e. The van der Waals surface area contributed by atoms with Crippen LogP contribution in [0.4, 0.5) is 0 Å². The topological polar surface area (TPSA) is 63.0 Å². The molecule has 0 radical (unpaired) electrons. The molecule has 1 aliphatic carbocycles. The number of hydrogen-bond acceptors (Lipinski definition) is 4. The van der Waals surface area contributed by atoms with Crippen LogP contribution in [0, 0.1) is 11.3 Å². The van der Waals surface area contributed by atoms with Crippen molar-refractivity contribution in [1.29, 1.82) is 5.26 Å². The number of fused-ring (bicyclic) bond motifs is 2. The van der Waals surface area contributed by atoms with E-state index in [4.69, 9.17) is 38.2 Å². The summed E-state index contributed by atoms with van der Waals surface area (Å²) >= 11 is 12.1. The minimum atomic E-state index is -0.493. The molecule has 0 unspecified atom stereocenters. The van der Waals surface area contributed by atoms with E-state index in [1.807, 2.05) is 42.5 Å². The van der Waals surface area contributed by atoms with Gasteiger partial charge >= 0.3 is 5.97 Å². The zero-order valence-electron chi connectivity index (χ0n) is 14.7. The average Bonchev–Trinajstić information content (AvgIpc) is 3.09. The van der Waals surface area contributed by atoms with E-state index in [-0.39, 0.29) is 6.61 Å². The fourth-order valence-electron chi connectivity index (χ4n) is 3.49. The number of benzene rings is 2.